The number of allylic oxidation sites excluding steroid dienone is 1. The van der Waals surface area contributed by atoms with Gasteiger partial charge < -0.3 is 4.74 Å². The first-order chi connectivity index (χ1) is 9.61. The van der Waals surface area contributed by atoms with E-state index in [0.29, 0.717) is 0 Å². The molecule has 0 saturated carbocycles. The Hall–Kier alpha value is -2.35. The van der Waals surface area contributed by atoms with Crippen LogP contribution in [-0.4, -0.2) is 13.1 Å². The lowest BCUT2D eigenvalue weighted by Gasteiger charge is -2.08. The fraction of sp³-hybridized carbons (Fsp3) is 0.167. The number of esters is 1. The number of carbonyl (C=O) groups excluding carboxylic acids is 1. The summed E-state index contributed by atoms with van der Waals surface area (Å²) in [6.07, 6.45) is 1.51. The number of rotatable bonds is 3. The van der Waals surface area contributed by atoms with Gasteiger partial charge in [-0.3, -0.25) is 0 Å². The first kappa shape index (κ1) is 14.1. The third-order valence-electron chi connectivity index (χ3n) is 3.31. The minimum Gasteiger partial charge on any atom is -0.466 e. The Morgan fingerprint density at radius 2 is 1.85 bits per heavy atom. The molecule has 0 atom stereocenters. The molecule has 0 aliphatic heterocycles. The van der Waals surface area contributed by atoms with Crippen LogP contribution in [0.15, 0.2) is 54.6 Å². The molecule has 2 aromatic rings. The minimum atomic E-state index is -0.330. The summed E-state index contributed by atoms with van der Waals surface area (Å²) in [4.78, 5) is 11.3. The summed E-state index contributed by atoms with van der Waals surface area (Å²) >= 11 is 0. The van der Waals surface area contributed by atoms with Crippen molar-refractivity contribution in [3.63, 3.8) is 0 Å². The number of ether oxygens (including phenoxy) is 1. The Bertz CT molecular complexity index is 654. The molecule has 0 aromatic heterocycles. The molecule has 20 heavy (non-hydrogen) atoms. The highest BCUT2D eigenvalue weighted by Gasteiger charge is 2.04. The van der Waals surface area contributed by atoms with Crippen molar-refractivity contribution in [3.8, 4) is 11.1 Å². The molecule has 0 unspecified atom stereocenters. The topological polar surface area (TPSA) is 26.3 Å². The Morgan fingerprint density at radius 3 is 2.55 bits per heavy atom. The number of carbonyl (C=O) groups is 1. The predicted molar refractivity (Wildman–Crippen MR) is 82.3 cm³/mol. The molecule has 0 radical (unpaired) electrons. The quantitative estimate of drug-likeness (QED) is 0.613. The van der Waals surface area contributed by atoms with Crippen LogP contribution in [0.3, 0.4) is 0 Å². The third kappa shape index (κ3) is 3.15. The summed E-state index contributed by atoms with van der Waals surface area (Å²) in [5.74, 6) is -0.330. The largest absolute Gasteiger partial charge is 0.466 e. The van der Waals surface area contributed by atoms with E-state index in [2.05, 4.69) is 35.9 Å². The molecule has 0 N–H and O–H groups in total. The zero-order valence-electron chi connectivity index (χ0n) is 12.0. The zero-order valence-corrected chi connectivity index (χ0v) is 12.0. The molecular formula is C18H18O2. The molecule has 0 fully saturated rings. The summed E-state index contributed by atoms with van der Waals surface area (Å²) in [7, 11) is 1.38. The summed E-state index contributed by atoms with van der Waals surface area (Å²) in [5.41, 5.74) is 5.51. The van der Waals surface area contributed by atoms with Crippen molar-refractivity contribution in [1.29, 1.82) is 0 Å². The fourth-order valence-corrected chi connectivity index (χ4v) is 2.15. The maximum absolute atomic E-state index is 11.3. The van der Waals surface area contributed by atoms with Crippen molar-refractivity contribution in [1.82, 2.24) is 0 Å². The summed E-state index contributed by atoms with van der Waals surface area (Å²) in [6.45, 7) is 4.01. The average Bonchev–Trinajstić information content (AvgIpc) is 2.47. The SMILES string of the molecule is COC(=O)/C=C(\C)c1cccc(-c2ccccc2C)c1. The van der Waals surface area contributed by atoms with Gasteiger partial charge in [0.25, 0.3) is 0 Å². The second-order valence-electron chi connectivity index (χ2n) is 4.75. The summed E-state index contributed by atoms with van der Waals surface area (Å²) in [5, 5.41) is 0. The fourth-order valence-electron chi connectivity index (χ4n) is 2.15. The van der Waals surface area contributed by atoms with E-state index in [1.165, 1.54) is 24.3 Å². The smallest absolute Gasteiger partial charge is 0.330 e. The highest BCUT2D eigenvalue weighted by atomic mass is 16.5. The molecule has 0 bridgehead atoms. The second kappa shape index (κ2) is 6.20. The van der Waals surface area contributed by atoms with Gasteiger partial charge in [0, 0.05) is 6.08 Å². The lowest BCUT2D eigenvalue weighted by atomic mass is 9.97. The van der Waals surface area contributed by atoms with Crippen LogP contribution in [0.4, 0.5) is 0 Å². The molecule has 0 saturated heterocycles. The van der Waals surface area contributed by atoms with Gasteiger partial charge in [-0.15, -0.1) is 0 Å². The number of hydrogen-bond acceptors (Lipinski definition) is 2. The molecule has 2 nitrogen and oxygen atoms in total. The third-order valence-corrected chi connectivity index (χ3v) is 3.31. The highest BCUT2D eigenvalue weighted by Crippen LogP contribution is 2.26. The normalized spacial score (nSPS) is 11.2. The van der Waals surface area contributed by atoms with Gasteiger partial charge in [0.05, 0.1) is 7.11 Å². The van der Waals surface area contributed by atoms with E-state index in [0.717, 1.165) is 16.7 Å². The lowest BCUT2D eigenvalue weighted by molar-refractivity contribution is -0.134. The maximum Gasteiger partial charge on any atom is 0.330 e. The van der Waals surface area contributed by atoms with Crippen molar-refractivity contribution in [2.24, 2.45) is 0 Å². The first-order valence-corrected chi connectivity index (χ1v) is 6.54. The zero-order chi connectivity index (χ0) is 14.5. The molecule has 2 rings (SSSR count). The minimum absolute atomic E-state index is 0.330. The number of methoxy groups -OCH3 is 1. The van der Waals surface area contributed by atoms with Gasteiger partial charge in [-0.2, -0.15) is 0 Å². The average molecular weight is 266 g/mol. The molecular weight excluding hydrogens is 248 g/mol. The van der Waals surface area contributed by atoms with Gasteiger partial charge in [-0.05, 0) is 47.7 Å². The first-order valence-electron chi connectivity index (χ1n) is 6.54. The van der Waals surface area contributed by atoms with Crippen LogP contribution in [0.25, 0.3) is 16.7 Å². The van der Waals surface area contributed by atoms with Gasteiger partial charge in [0.2, 0.25) is 0 Å². The Labute approximate surface area is 119 Å². The molecule has 2 aromatic carbocycles. The molecule has 102 valence electrons. The van der Waals surface area contributed by atoms with E-state index in [9.17, 15) is 4.79 Å². The Kier molecular flexibility index (Phi) is 4.36. The standard InChI is InChI=1S/C18H18O2/c1-13-7-4-5-10-17(13)16-9-6-8-15(12-16)14(2)11-18(19)20-3/h4-12H,1-3H3/b14-11+. The monoisotopic (exact) mass is 266 g/mol. The lowest BCUT2D eigenvalue weighted by Crippen LogP contribution is -1.95. The van der Waals surface area contributed by atoms with E-state index >= 15 is 0 Å². The number of benzene rings is 2. The van der Waals surface area contributed by atoms with Crippen molar-refractivity contribution in [2.45, 2.75) is 13.8 Å². The van der Waals surface area contributed by atoms with Crippen molar-refractivity contribution in [3.05, 3.63) is 65.7 Å². The van der Waals surface area contributed by atoms with E-state index in [1.54, 1.807) is 0 Å². The Morgan fingerprint density at radius 1 is 1.10 bits per heavy atom. The van der Waals surface area contributed by atoms with Crippen molar-refractivity contribution < 1.29 is 9.53 Å². The van der Waals surface area contributed by atoms with Crippen LogP contribution in [0, 0.1) is 6.92 Å². The van der Waals surface area contributed by atoms with Gasteiger partial charge in [-0.25, -0.2) is 4.79 Å². The van der Waals surface area contributed by atoms with Crippen LogP contribution < -0.4 is 0 Å². The predicted octanol–water partition coefficient (Wildman–Crippen LogP) is 4.24. The van der Waals surface area contributed by atoms with E-state index in [-0.39, 0.29) is 5.97 Å². The van der Waals surface area contributed by atoms with Crippen LogP contribution in [0.1, 0.15) is 18.1 Å². The van der Waals surface area contributed by atoms with Crippen LogP contribution in [-0.2, 0) is 9.53 Å². The number of aryl methyl sites for hydroxylation is 1. The van der Waals surface area contributed by atoms with Crippen LogP contribution >= 0.6 is 0 Å². The molecule has 2 heteroatoms. The van der Waals surface area contributed by atoms with Gasteiger partial charge in [0.1, 0.15) is 0 Å². The van der Waals surface area contributed by atoms with E-state index in [1.807, 2.05) is 31.2 Å². The Balaban J connectivity index is 2.41. The molecule has 0 heterocycles. The highest BCUT2D eigenvalue weighted by molar-refractivity contribution is 5.91. The molecule has 0 aliphatic carbocycles. The van der Waals surface area contributed by atoms with E-state index < -0.39 is 0 Å². The molecule has 0 spiro atoms. The van der Waals surface area contributed by atoms with Gasteiger partial charge in [0.15, 0.2) is 0 Å². The molecule has 0 aliphatic rings. The van der Waals surface area contributed by atoms with Crippen molar-refractivity contribution in [2.75, 3.05) is 7.11 Å². The summed E-state index contributed by atoms with van der Waals surface area (Å²) < 4.78 is 4.66. The van der Waals surface area contributed by atoms with Gasteiger partial charge in [-0.1, -0.05) is 42.5 Å². The van der Waals surface area contributed by atoms with Crippen LogP contribution in [0.5, 0.6) is 0 Å². The molecule has 0 amide bonds. The number of hydrogen-bond donors (Lipinski definition) is 0. The van der Waals surface area contributed by atoms with Crippen LogP contribution in [0.2, 0.25) is 0 Å². The summed E-state index contributed by atoms with van der Waals surface area (Å²) in [6, 6.07) is 16.4. The van der Waals surface area contributed by atoms with Crippen molar-refractivity contribution >= 4 is 11.5 Å². The second-order valence-corrected chi connectivity index (χ2v) is 4.75. The van der Waals surface area contributed by atoms with Gasteiger partial charge >= 0.3 is 5.97 Å². The maximum atomic E-state index is 11.3. The van der Waals surface area contributed by atoms with E-state index in [4.69, 9.17) is 0 Å².